The van der Waals surface area contributed by atoms with Gasteiger partial charge in [0.05, 0.1) is 0 Å². The fourth-order valence-corrected chi connectivity index (χ4v) is 3.17. The Labute approximate surface area is 109 Å². The van der Waals surface area contributed by atoms with Crippen molar-refractivity contribution >= 4 is 0 Å². The molecule has 1 heteroatoms. The molecule has 0 saturated heterocycles. The van der Waals surface area contributed by atoms with Crippen molar-refractivity contribution in [3.05, 3.63) is 0 Å². The van der Waals surface area contributed by atoms with Crippen molar-refractivity contribution in [2.45, 2.75) is 79.7 Å². The Bertz CT molecular complexity index is 216. The van der Waals surface area contributed by atoms with Crippen molar-refractivity contribution in [2.24, 2.45) is 16.7 Å². The molecule has 0 aromatic heterocycles. The minimum absolute atomic E-state index is 0.505. The van der Waals surface area contributed by atoms with E-state index in [4.69, 9.17) is 0 Å². The topological polar surface area (TPSA) is 12.0 Å². The zero-order valence-electron chi connectivity index (χ0n) is 12.9. The molecule has 102 valence electrons. The van der Waals surface area contributed by atoms with Gasteiger partial charge in [0.2, 0.25) is 0 Å². The van der Waals surface area contributed by atoms with E-state index >= 15 is 0 Å². The van der Waals surface area contributed by atoms with E-state index in [2.05, 4.69) is 46.9 Å². The average Bonchev–Trinajstić information content (AvgIpc) is 2.26. The van der Waals surface area contributed by atoms with Crippen LogP contribution in [0.3, 0.4) is 0 Å². The summed E-state index contributed by atoms with van der Waals surface area (Å²) in [4.78, 5) is 0. The number of hydrogen-bond acceptors (Lipinski definition) is 1. The van der Waals surface area contributed by atoms with Crippen LogP contribution < -0.4 is 5.32 Å². The summed E-state index contributed by atoms with van der Waals surface area (Å²) in [6.07, 6.45) is 7.04. The lowest BCUT2D eigenvalue weighted by molar-refractivity contribution is 0.0818. The van der Waals surface area contributed by atoms with Crippen LogP contribution in [0.15, 0.2) is 0 Å². The normalized spacial score (nSPS) is 30.9. The Hall–Kier alpha value is -0.0400. The van der Waals surface area contributed by atoms with E-state index < -0.39 is 0 Å². The van der Waals surface area contributed by atoms with Crippen molar-refractivity contribution < 1.29 is 0 Å². The van der Waals surface area contributed by atoms with Crippen LogP contribution in [0.5, 0.6) is 0 Å². The van der Waals surface area contributed by atoms with Crippen molar-refractivity contribution in [1.82, 2.24) is 5.32 Å². The molecule has 0 atom stereocenters. The molecular weight excluding hydrogens is 206 g/mol. The van der Waals surface area contributed by atoms with Crippen LogP contribution in [0.2, 0.25) is 0 Å². The molecule has 0 bridgehead atoms. The zero-order chi connectivity index (χ0) is 13.1. The highest BCUT2D eigenvalue weighted by Gasteiger charge is 2.37. The summed E-state index contributed by atoms with van der Waals surface area (Å²) < 4.78 is 0. The largest absolute Gasteiger partial charge is 0.314 e. The zero-order valence-corrected chi connectivity index (χ0v) is 12.9. The minimum atomic E-state index is 0.505. The van der Waals surface area contributed by atoms with Gasteiger partial charge in [0, 0.05) is 12.6 Å². The van der Waals surface area contributed by atoms with E-state index in [0.29, 0.717) is 16.9 Å². The van der Waals surface area contributed by atoms with Crippen molar-refractivity contribution in [1.29, 1.82) is 0 Å². The second-order valence-corrected chi connectivity index (χ2v) is 7.53. The monoisotopic (exact) mass is 239 g/mol. The SMILES string of the molecule is CCC1(CNC(C)C)CCC(C(C)(C)C)CC1. The maximum Gasteiger partial charge on any atom is 0.00106 e. The Balaban J connectivity index is 2.51. The van der Waals surface area contributed by atoms with Gasteiger partial charge in [0.15, 0.2) is 0 Å². The second-order valence-electron chi connectivity index (χ2n) is 7.53. The van der Waals surface area contributed by atoms with Gasteiger partial charge in [-0.05, 0) is 48.9 Å². The highest BCUT2D eigenvalue weighted by atomic mass is 14.9. The average molecular weight is 239 g/mol. The highest BCUT2D eigenvalue weighted by molar-refractivity contribution is 4.90. The van der Waals surface area contributed by atoms with Gasteiger partial charge in [0.25, 0.3) is 0 Å². The van der Waals surface area contributed by atoms with Gasteiger partial charge in [-0.2, -0.15) is 0 Å². The summed E-state index contributed by atoms with van der Waals surface area (Å²) in [7, 11) is 0. The molecule has 0 radical (unpaired) electrons. The van der Waals surface area contributed by atoms with Gasteiger partial charge in [-0.1, -0.05) is 41.5 Å². The molecule has 1 aliphatic rings. The van der Waals surface area contributed by atoms with Gasteiger partial charge in [-0.25, -0.2) is 0 Å². The molecule has 0 aromatic rings. The lowest BCUT2D eigenvalue weighted by Gasteiger charge is -2.44. The summed E-state index contributed by atoms with van der Waals surface area (Å²) in [5, 5.41) is 3.66. The fourth-order valence-electron chi connectivity index (χ4n) is 3.17. The molecule has 0 aliphatic heterocycles. The Kier molecular flexibility index (Phi) is 5.07. The molecule has 1 rings (SSSR count). The van der Waals surface area contributed by atoms with Crippen LogP contribution in [-0.2, 0) is 0 Å². The van der Waals surface area contributed by atoms with E-state index in [1.807, 2.05) is 0 Å². The minimum Gasteiger partial charge on any atom is -0.314 e. The Morgan fingerprint density at radius 3 is 2.06 bits per heavy atom. The van der Waals surface area contributed by atoms with Gasteiger partial charge >= 0.3 is 0 Å². The molecule has 0 spiro atoms. The predicted octanol–water partition coefficient (Wildman–Crippen LogP) is 4.62. The smallest absolute Gasteiger partial charge is 0.00106 e. The molecular formula is C16H33N. The molecule has 1 aliphatic carbocycles. The lowest BCUT2D eigenvalue weighted by atomic mass is 9.63. The first-order chi connectivity index (χ1) is 7.79. The second kappa shape index (κ2) is 5.73. The highest BCUT2D eigenvalue weighted by Crippen LogP contribution is 2.46. The first-order valence-corrected chi connectivity index (χ1v) is 7.52. The van der Waals surface area contributed by atoms with Crippen LogP contribution in [0.1, 0.15) is 73.6 Å². The van der Waals surface area contributed by atoms with Crippen LogP contribution in [-0.4, -0.2) is 12.6 Å². The van der Waals surface area contributed by atoms with Gasteiger partial charge in [0.1, 0.15) is 0 Å². The summed E-state index contributed by atoms with van der Waals surface area (Å²) in [6.45, 7) is 15.3. The van der Waals surface area contributed by atoms with Crippen LogP contribution in [0.25, 0.3) is 0 Å². The van der Waals surface area contributed by atoms with E-state index in [-0.39, 0.29) is 0 Å². The third-order valence-corrected chi connectivity index (χ3v) is 4.91. The van der Waals surface area contributed by atoms with Crippen molar-refractivity contribution in [2.75, 3.05) is 6.54 Å². The Morgan fingerprint density at radius 1 is 1.18 bits per heavy atom. The van der Waals surface area contributed by atoms with E-state index in [9.17, 15) is 0 Å². The van der Waals surface area contributed by atoms with Gasteiger partial charge in [-0.15, -0.1) is 0 Å². The molecule has 1 nitrogen and oxygen atoms in total. The fraction of sp³-hybridized carbons (Fsp3) is 1.00. The lowest BCUT2D eigenvalue weighted by Crippen LogP contribution is -2.41. The third kappa shape index (κ3) is 4.28. The standard InChI is InChI=1S/C16H33N/c1-7-16(12-17-13(2)3)10-8-14(9-11-16)15(4,5)6/h13-14,17H,7-12H2,1-6H3. The van der Waals surface area contributed by atoms with Crippen LogP contribution >= 0.6 is 0 Å². The molecule has 0 amide bonds. The van der Waals surface area contributed by atoms with Crippen LogP contribution in [0.4, 0.5) is 0 Å². The van der Waals surface area contributed by atoms with Crippen LogP contribution in [0, 0.1) is 16.7 Å². The maximum absolute atomic E-state index is 3.66. The molecule has 17 heavy (non-hydrogen) atoms. The summed E-state index contributed by atoms with van der Waals surface area (Å²) in [5.74, 6) is 0.932. The molecule has 1 saturated carbocycles. The number of rotatable bonds is 4. The van der Waals surface area contributed by atoms with Gasteiger partial charge in [-0.3, -0.25) is 0 Å². The number of nitrogens with one attached hydrogen (secondary N) is 1. The molecule has 0 unspecified atom stereocenters. The summed E-state index contributed by atoms with van der Waals surface area (Å²) in [6, 6.07) is 0.624. The van der Waals surface area contributed by atoms with Crippen molar-refractivity contribution in [3.63, 3.8) is 0 Å². The summed E-state index contributed by atoms with van der Waals surface area (Å²) >= 11 is 0. The molecule has 1 N–H and O–H groups in total. The first-order valence-electron chi connectivity index (χ1n) is 7.52. The van der Waals surface area contributed by atoms with E-state index in [0.717, 1.165) is 5.92 Å². The third-order valence-electron chi connectivity index (χ3n) is 4.91. The number of hydrogen-bond donors (Lipinski definition) is 1. The first kappa shape index (κ1) is 15.0. The summed E-state index contributed by atoms with van der Waals surface area (Å²) in [5.41, 5.74) is 1.09. The molecule has 0 aromatic carbocycles. The molecule has 0 heterocycles. The molecule has 1 fully saturated rings. The van der Waals surface area contributed by atoms with Crippen molar-refractivity contribution in [3.8, 4) is 0 Å². The van der Waals surface area contributed by atoms with E-state index in [1.54, 1.807) is 0 Å². The quantitative estimate of drug-likeness (QED) is 0.755. The Morgan fingerprint density at radius 2 is 1.71 bits per heavy atom. The predicted molar refractivity (Wildman–Crippen MR) is 77.3 cm³/mol. The van der Waals surface area contributed by atoms with Gasteiger partial charge < -0.3 is 5.32 Å². The maximum atomic E-state index is 3.66. The van der Waals surface area contributed by atoms with E-state index in [1.165, 1.54) is 38.6 Å².